The molecule has 1 aliphatic rings. The van der Waals surface area contributed by atoms with Crippen molar-refractivity contribution in [1.82, 2.24) is 5.32 Å². The van der Waals surface area contributed by atoms with Gasteiger partial charge < -0.3 is 15.8 Å². The van der Waals surface area contributed by atoms with Crippen molar-refractivity contribution in [3.05, 3.63) is 35.9 Å². The number of hydrogen-bond donors (Lipinski definition) is 2. The minimum absolute atomic E-state index is 0.00695. The zero-order valence-electron chi connectivity index (χ0n) is 14.4. The molecule has 5 heteroatoms. The van der Waals surface area contributed by atoms with Crippen LogP contribution in [0.1, 0.15) is 38.2 Å². The van der Waals surface area contributed by atoms with Crippen molar-refractivity contribution in [3.63, 3.8) is 0 Å². The van der Waals surface area contributed by atoms with Crippen LogP contribution < -0.4 is 11.1 Å². The molecule has 2 rings (SSSR count). The maximum atomic E-state index is 12.4. The minimum atomic E-state index is -0.367. The van der Waals surface area contributed by atoms with Crippen molar-refractivity contribution in [2.24, 2.45) is 17.6 Å². The number of rotatable bonds is 7. The van der Waals surface area contributed by atoms with Gasteiger partial charge in [-0.2, -0.15) is 0 Å². The maximum absolute atomic E-state index is 12.4. The summed E-state index contributed by atoms with van der Waals surface area (Å²) in [6.07, 6.45) is 4.15. The summed E-state index contributed by atoms with van der Waals surface area (Å²) in [4.78, 5) is 24.6. The van der Waals surface area contributed by atoms with Gasteiger partial charge >= 0.3 is 5.97 Å². The molecule has 1 amide bonds. The highest BCUT2D eigenvalue weighted by Crippen LogP contribution is 2.23. The molecule has 0 bridgehead atoms. The first kappa shape index (κ1) is 18.5. The maximum Gasteiger partial charge on any atom is 0.311 e. The van der Waals surface area contributed by atoms with Crippen LogP contribution in [-0.4, -0.2) is 31.1 Å². The standard InChI is InChI=1S/C19H28N2O3/c1-2-24-19(23)16(11-14-7-4-3-5-8-14)13-21-18(22)15-9-6-10-17(20)12-15/h3-5,7-8,15-17H,2,6,9-13,20H2,1H3,(H,21,22). The quantitative estimate of drug-likeness (QED) is 0.749. The van der Waals surface area contributed by atoms with Crippen molar-refractivity contribution in [1.29, 1.82) is 0 Å². The summed E-state index contributed by atoms with van der Waals surface area (Å²) in [7, 11) is 0. The second-order valence-electron chi connectivity index (χ2n) is 6.51. The third-order valence-electron chi connectivity index (χ3n) is 4.55. The molecule has 0 aromatic heterocycles. The van der Waals surface area contributed by atoms with Crippen LogP contribution >= 0.6 is 0 Å². The molecule has 0 aliphatic heterocycles. The molecule has 0 spiro atoms. The van der Waals surface area contributed by atoms with Gasteiger partial charge in [-0.25, -0.2) is 0 Å². The van der Waals surface area contributed by atoms with Gasteiger partial charge in [-0.15, -0.1) is 0 Å². The summed E-state index contributed by atoms with van der Waals surface area (Å²) in [5, 5.41) is 2.94. The molecular weight excluding hydrogens is 304 g/mol. The third-order valence-corrected chi connectivity index (χ3v) is 4.55. The van der Waals surface area contributed by atoms with E-state index in [0.717, 1.165) is 31.2 Å². The van der Waals surface area contributed by atoms with E-state index >= 15 is 0 Å². The number of ether oxygens (including phenoxy) is 1. The van der Waals surface area contributed by atoms with Crippen LogP contribution in [0.4, 0.5) is 0 Å². The van der Waals surface area contributed by atoms with Crippen molar-refractivity contribution >= 4 is 11.9 Å². The van der Waals surface area contributed by atoms with Crippen molar-refractivity contribution < 1.29 is 14.3 Å². The Labute approximate surface area is 143 Å². The van der Waals surface area contributed by atoms with Gasteiger partial charge in [0, 0.05) is 18.5 Å². The molecule has 0 heterocycles. The highest BCUT2D eigenvalue weighted by Gasteiger charge is 2.27. The number of carbonyl (C=O) groups excluding carboxylic acids is 2. The predicted molar refractivity (Wildman–Crippen MR) is 93.2 cm³/mol. The van der Waals surface area contributed by atoms with Crippen LogP contribution in [-0.2, 0) is 20.7 Å². The molecule has 0 radical (unpaired) electrons. The number of benzene rings is 1. The Hall–Kier alpha value is -1.88. The van der Waals surface area contributed by atoms with E-state index in [1.165, 1.54) is 0 Å². The Morgan fingerprint density at radius 2 is 2.04 bits per heavy atom. The van der Waals surface area contributed by atoms with Crippen LogP contribution in [0, 0.1) is 11.8 Å². The zero-order chi connectivity index (χ0) is 17.4. The lowest BCUT2D eigenvalue weighted by Crippen LogP contribution is -2.41. The average Bonchev–Trinajstić information content (AvgIpc) is 2.59. The van der Waals surface area contributed by atoms with Crippen molar-refractivity contribution in [3.8, 4) is 0 Å². The van der Waals surface area contributed by atoms with Gasteiger partial charge in [0.05, 0.1) is 12.5 Å². The molecular formula is C19H28N2O3. The lowest BCUT2D eigenvalue weighted by Gasteiger charge is -2.26. The number of carbonyl (C=O) groups is 2. The highest BCUT2D eigenvalue weighted by molar-refractivity contribution is 5.80. The smallest absolute Gasteiger partial charge is 0.311 e. The van der Waals surface area contributed by atoms with Crippen molar-refractivity contribution in [2.45, 2.75) is 45.1 Å². The summed E-state index contributed by atoms with van der Waals surface area (Å²) in [5.74, 6) is -0.656. The normalized spacial score (nSPS) is 21.8. The van der Waals surface area contributed by atoms with Gasteiger partial charge in [0.1, 0.15) is 0 Å². The Kier molecular flexibility index (Phi) is 7.25. The SMILES string of the molecule is CCOC(=O)C(CNC(=O)C1CCCC(N)C1)Cc1ccccc1. The summed E-state index contributed by atoms with van der Waals surface area (Å²) >= 11 is 0. The fourth-order valence-electron chi connectivity index (χ4n) is 3.23. The molecule has 0 saturated heterocycles. The number of nitrogens with one attached hydrogen (secondary N) is 1. The molecule has 1 fully saturated rings. The van der Waals surface area contributed by atoms with E-state index in [0.29, 0.717) is 19.6 Å². The van der Waals surface area contributed by atoms with Crippen LogP contribution in [0.3, 0.4) is 0 Å². The van der Waals surface area contributed by atoms with E-state index in [9.17, 15) is 9.59 Å². The molecule has 1 saturated carbocycles. The fraction of sp³-hybridized carbons (Fsp3) is 0.579. The molecule has 1 aromatic carbocycles. The van der Waals surface area contributed by atoms with Crippen LogP contribution in [0.5, 0.6) is 0 Å². The first-order valence-electron chi connectivity index (χ1n) is 8.84. The summed E-state index contributed by atoms with van der Waals surface area (Å²) < 4.78 is 5.16. The summed E-state index contributed by atoms with van der Waals surface area (Å²) in [6.45, 7) is 2.44. The largest absolute Gasteiger partial charge is 0.466 e. The Morgan fingerprint density at radius 1 is 1.29 bits per heavy atom. The molecule has 1 aromatic rings. The van der Waals surface area contributed by atoms with Crippen LogP contribution in [0.15, 0.2) is 30.3 Å². The second-order valence-corrected chi connectivity index (χ2v) is 6.51. The van der Waals surface area contributed by atoms with E-state index in [2.05, 4.69) is 5.32 Å². The van der Waals surface area contributed by atoms with Gasteiger partial charge in [-0.3, -0.25) is 9.59 Å². The molecule has 24 heavy (non-hydrogen) atoms. The molecule has 1 aliphatic carbocycles. The van der Waals surface area contributed by atoms with E-state index < -0.39 is 0 Å². The lowest BCUT2D eigenvalue weighted by molar-refractivity contribution is -0.148. The van der Waals surface area contributed by atoms with Crippen LogP contribution in [0.2, 0.25) is 0 Å². The van der Waals surface area contributed by atoms with E-state index in [4.69, 9.17) is 10.5 Å². The summed E-state index contributed by atoms with van der Waals surface area (Å²) in [5.41, 5.74) is 7.01. The number of esters is 1. The molecule has 132 valence electrons. The summed E-state index contributed by atoms with van der Waals surface area (Å²) in [6, 6.07) is 9.90. The van der Waals surface area contributed by atoms with Gasteiger partial charge in [0.15, 0.2) is 0 Å². The van der Waals surface area contributed by atoms with E-state index in [1.807, 2.05) is 30.3 Å². The first-order valence-corrected chi connectivity index (χ1v) is 8.84. The second kappa shape index (κ2) is 9.42. The molecule has 3 atom stereocenters. The van der Waals surface area contributed by atoms with Gasteiger partial charge in [0.25, 0.3) is 0 Å². The lowest BCUT2D eigenvalue weighted by atomic mass is 9.85. The number of nitrogens with two attached hydrogens (primary N) is 1. The van der Waals surface area contributed by atoms with Gasteiger partial charge in [0.2, 0.25) is 5.91 Å². The zero-order valence-corrected chi connectivity index (χ0v) is 14.4. The fourth-order valence-corrected chi connectivity index (χ4v) is 3.23. The topological polar surface area (TPSA) is 81.4 Å². The van der Waals surface area contributed by atoms with Crippen LogP contribution in [0.25, 0.3) is 0 Å². The Morgan fingerprint density at radius 3 is 2.71 bits per heavy atom. The first-order chi connectivity index (χ1) is 11.6. The molecule has 5 nitrogen and oxygen atoms in total. The molecule has 3 N–H and O–H groups in total. The van der Waals surface area contributed by atoms with Gasteiger partial charge in [-0.1, -0.05) is 36.8 Å². The monoisotopic (exact) mass is 332 g/mol. The van der Waals surface area contributed by atoms with E-state index in [1.54, 1.807) is 6.92 Å². The van der Waals surface area contributed by atoms with Gasteiger partial charge in [-0.05, 0) is 38.2 Å². The average molecular weight is 332 g/mol. The van der Waals surface area contributed by atoms with Crippen molar-refractivity contribution in [2.75, 3.05) is 13.2 Å². The van der Waals surface area contributed by atoms with E-state index in [-0.39, 0.29) is 29.8 Å². The highest BCUT2D eigenvalue weighted by atomic mass is 16.5. The number of amides is 1. The molecule has 3 unspecified atom stereocenters. The Bertz CT molecular complexity index is 533. The predicted octanol–water partition coefficient (Wildman–Crippen LogP) is 2.04. The Balaban J connectivity index is 1.92. The number of hydrogen-bond acceptors (Lipinski definition) is 4. The third kappa shape index (κ3) is 5.64. The minimum Gasteiger partial charge on any atom is -0.466 e.